The molecule has 7 atom stereocenters. The summed E-state index contributed by atoms with van der Waals surface area (Å²) in [5, 5.41) is 30.7. The minimum absolute atomic E-state index is 0.0466. The van der Waals surface area contributed by atoms with Gasteiger partial charge in [-0.1, -0.05) is 27.7 Å². The van der Waals surface area contributed by atoms with Gasteiger partial charge in [-0.05, 0) is 97.0 Å². The number of ether oxygens (including phenoxy) is 1. The lowest BCUT2D eigenvalue weighted by molar-refractivity contribution is -0.212. The third kappa shape index (κ3) is 3.15. The van der Waals surface area contributed by atoms with Crippen LogP contribution in [-0.2, 0) is 14.9 Å². The summed E-state index contributed by atoms with van der Waals surface area (Å²) in [6.45, 7) is 11.2. The number of benzene rings is 1. The number of phenols is 2. The molecular formula is C30H40O7. The third-order valence-electron chi connectivity index (χ3n) is 12.2. The summed E-state index contributed by atoms with van der Waals surface area (Å²) in [7, 11) is 1.46. The van der Waals surface area contributed by atoms with E-state index in [2.05, 4.69) is 27.7 Å². The SMILES string of the molecule is COC(=O)[C@]1(C)CC[C@]2(C)CC[C@]3(C)[C@H]4CC(=O)c5c(cc(O)c(O)c5C(=O)O)[C@]4(C)CC[C@@]3(C)[C@@H]2C1. The highest BCUT2D eigenvalue weighted by atomic mass is 16.5. The number of carboxylic acids is 1. The quantitative estimate of drug-likeness (QED) is 0.336. The molecule has 0 radical (unpaired) electrons. The number of phenolic OH excluding ortho intramolecular Hbond substituents is 1. The number of hydrogen-bond donors (Lipinski definition) is 3. The molecule has 3 N–H and O–H groups in total. The van der Waals surface area contributed by atoms with Crippen molar-refractivity contribution in [1.29, 1.82) is 0 Å². The highest BCUT2D eigenvalue weighted by Crippen LogP contribution is 2.75. The van der Waals surface area contributed by atoms with E-state index in [1.807, 2.05) is 6.92 Å². The van der Waals surface area contributed by atoms with Crippen LogP contribution in [0.2, 0.25) is 0 Å². The average Bonchev–Trinajstić information content (AvgIpc) is 2.84. The van der Waals surface area contributed by atoms with Crippen LogP contribution in [0.4, 0.5) is 0 Å². The lowest BCUT2D eigenvalue weighted by Gasteiger charge is -2.71. The summed E-state index contributed by atoms with van der Waals surface area (Å²) in [6, 6.07) is 1.43. The summed E-state index contributed by atoms with van der Waals surface area (Å²) < 4.78 is 5.23. The highest BCUT2D eigenvalue weighted by Gasteiger charge is 2.69. The molecule has 37 heavy (non-hydrogen) atoms. The van der Waals surface area contributed by atoms with Gasteiger partial charge in [0.15, 0.2) is 17.3 Å². The van der Waals surface area contributed by atoms with E-state index in [0.717, 1.165) is 44.9 Å². The molecule has 1 aromatic carbocycles. The minimum atomic E-state index is -1.41. The van der Waals surface area contributed by atoms with Gasteiger partial charge in [0.25, 0.3) is 0 Å². The van der Waals surface area contributed by atoms with Gasteiger partial charge < -0.3 is 20.1 Å². The topological polar surface area (TPSA) is 121 Å². The molecule has 0 saturated heterocycles. The molecule has 4 aliphatic carbocycles. The van der Waals surface area contributed by atoms with E-state index in [-0.39, 0.29) is 51.8 Å². The highest BCUT2D eigenvalue weighted by molar-refractivity contribution is 6.10. The van der Waals surface area contributed by atoms with Crippen molar-refractivity contribution < 1.29 is 34.4 Å². The molecule has 0 amide bonds. The number of hydrogen-bond acceptors (Lipinski definition) is 6. The number of aromatic carboxylic acids is 1. The first kappa shape index (κ1) is 26.1. The van der Waals surface area contributed by atoms with Crippen LogP contribution in [0.1, 0.15) is 112 Å². The van der Waals surface area contributed by atoms with Gasteiger partial charge in [-0.25, -0.2) is 4.79 Å². The lowest BCUT2D eigenvalue weighted by Crippen LogP contribution is -2.66. The molecule has 0 spiro atoms. The van der Waals surface area contributed by atoms with E-state index in [9.17, 15) is 29.7 Å². The fraction of sp³-hybridized carbons (Fsp3) is 0.700. The first-order chi connectivity index (χ1) is 17.1. The molecule has 202 valence electrons. The predicted molar refractivity (Wildman–Crippen MR) is 137 cm³/mol. The summed E-state index contributed by atoms with van der Waals surface area (Å²) in [6.07, 6.45) is 6.30. The Morgan fingerprint density at radius 3 is 2.14 bits per heavy atom. The van der Waals surface area contributed by atoms with Gasteiger partial charge in [-0.3, -0.25) is 9.59 Å². The van der Waals surface area contributed by atoms with E-state index < -0.39 is 33.9 Å². The van der Waals surface area contributed by atoms with Crippen molar-refractivity contribution in [2.75, 3.05) is 7.11 Å². The summed E-state index contributed by atoms with van der Waals surface area (Å²) in [5.41, 5.74) is -1.22. The molecule has 0 aliphatic heterocycles. The van der Waals surface area contributed by atoms with Gasteiger partial charge in [0.1, 0.15) is 5.56 Å². The minimum Gasteiger partial charge on any atom is -0.504 e. The average molecular weight is 513 g/mol. The van der Waals surface area contributed by atoms with E-state index in [0.29, 0.717) is 5.56 Å². The second kappa shape index (κ2) is 7.73. The van der Waals surface area contributed by atoms with Crippen molar-refractivity contribution in [2.45, 2.75) is 91.4 Å². The fourth-order valence-electron chi connectivity index (χ4n) is 9.58. The van der Waals surface area contributed by atoms with Crippen LogP contribution in [0.5, 0.6) is 11.5 Å². The second-order valence-electron chi connectivity index (χ2n) is 13.7. The third-order valence-corrected chi connectivity index (χ3v) is 12.2. The molecule has 1 aromatic rings. The molecule has 5 rings (SSSR count). The Kier molecular flexibility index (Phi) is 5.44. The smallest absolute Gasteiger partial charge is 0.340 e. The van der Waals surface area contributed by atoms with E-state index in [1.54, 1.807) is 0 Å². The maximum atomic E-state index is 13.7. The fourth-order valence-corrected chi connectivity index (χ4v) is 9.58. The number of methoxy groups -OCH3 is 1. The van der Waals surface area contributed by atoms with E-state index in [4.69, 9.17) is 4.74 Å². The number of rotatable bonds is 2. The number of carboxylic acid groups (broad SMARTS) is 1. The maximum Gasteiger partial charge on any atom is 0.340 e. The predicted octanol–water partition coefficient (Wildman–Crippen LogP) is 5.84. The van der Waals surface area contributed by atoms with E-state index >= 15 is 0 Å². The van der Waals surface area contributed by atoms with E-state index in [1.165, 1.54) is 13.2 Å². The molecule has 0 unspecified atom stereocenters. The van der Waals surface area contributed by atoms with Crippen LogP contribution in [0.25, 0.3) is 0 Å². The monoisotopic (exact) mass is 512 g/mol. The zero-order valence-corrected chi connectivity index (χ0v) is 22.9. The van der Waals surface area contributed by atoms with Crippen LogP contribution in [0.3, 0.4) is 0 Å². The molecule has 7 heteroatoms. The van der Waals surface area contributed by atoms with Crippen LogP contribution in [0.15, 0.2) is 6.07 Å². The van der Waals surface area contributed by atoms with Crippen molar-refractivity contribution in [3.05, 3.63) is 22.8 Å². The normalized spacial score (nSPS) is 42.6. The van der Waals surface area contributed by atoms with Crippen molar-refractivity contribution in [1.82, 2.24) is 0 Å². The van der Waals surface area contributed by atoms with Gasteiger partial charge in [-0.2, -0.15) is 0 Å². The molecule has 3 fully saturated rings. The number of aromatic hydroxyl groups is 2. The van der Waals surface area contributed by atoms with Crippen molar-refractivity contribution in [3.8, 4) is 11.5 Å². The second-order valence-corrected chi connectivity index (χ2v) is 13.7. The first-order valence-electron chi connectivity index (χ1n) is 13.5. The Bertz CT molecular complexity index is 1220. The standard InChI is InChI=1S/C30H40O7/c1-26-7-8-27(2,25(36)37-6)15-20(26)30(5)12-10-28(3)16-13-18(32)23(33)22(24(34)35)21(16)17(31)14-19(28)29(30,4)11-9-26/h13,19-20,32-33H,7-12,14-15H2,1-6H3,(H,34,35)/t19-,20+,26+,27+,28-,29+,30-/m0/s1. The number of fused-ring (bicyclic) bond motifs is 7. The molecule has 4 aliphatic rings. The Morgan fingerprint density at radius 1 is 0.919 bits per heavy atom. The Morgan fingerprint density at radius 2 is 1.51 bits per heavy atom. The number of Topliss-reactive ketones (excluding diaryl/α,β-unsaturated/α-hetero) is 1. The number of carbonyl (C=O) groups is 3. The van der Waals surface area contributed by atoms with Gasteiger partial charge in [0.05, 0.1) is 12.5 Å². The van der Waals surface area contributed by atoms with Crippen molar-refractivity contribution in [2.24, 2.45) is 33.5 Å². The van der Waals surface area contributed by atoms with Gasteiger partial charge >= 0.3 is 11.9 Å². The zero-order valence-electron chi connectivity index (χ0n) is 22.9. The number of ketones is 1. The Hall–Kier alpha value is -2.57. The summed E-state index contributed by atoms with van der Waals surface area (Å²) >= 11 is 0. The Balaban J connectivity index is 1.64. The van der Waals surface area contributed by atoms with Crippen LogP contribution >= 0.6 is 0 Å². The van der Waals surface area contributed by atoms with Crippen LogP contribution < -0.4 is 0 Å². The van der Waals surface area contributed by atoms with Crippen molar-refractivity contribution >= 4 is 17.7 Å². The van der Waals surface area contributed by atoms with Crippen LogP contribution in [-0.4, -0.2) is 40.2 Å². The number of esters is 1. The zero-order chi connectivity index (χ0) is 27.3. The lowest BCUT2D eigenvalue weighted by atomic mass is 9.32. The molecule has 3 saturated carbocycles. The van der Waals surface area contributed by atoms with Gasteiger partial charge in [0, 0.05) is 12.0 Å². The number of carbonyl (C=O) groups excluding carboxylic acids is 2. The van der Waals surface area contributed by atoms with Gasteiger partial charge in [0.2, 0.25) is 0 Å². The summed E-state index contributed by atoms with van der Waals surface area (Å²) in [4.78, 5) is 38.6. The largest absolute Gasteiger partial charge is 0.504 e. The van der Waals surface area contributed by atoms with Gasteiger partial charge in [-0.15, -0.1) is 0 Å². The molecule has 0 aromatic heterocycles. The molecule has 0 heterocycles. The Labute approximate surface area is 218 Å². The molecule has 7 nitrogen and oxygen atoms in total. The van der Waals surface area contributed by atoms with Crippen molar-refractivity contribution in [3.63, 3.8) is 0 Å². The molecule has 0 bridgehead atoms. The maximum absolute atomic E-state index is 13.7. The van der Waals surface area contributed by atoms with Crippen LogP contribution in [0, 0.1) is 33.5 Å². The summed E-state index contributed by atoms with van der Waals surface area (Å²) in [5.74, 6) is -2.87. The first-order valence-corrected chi connectivity index (χ1v) is 13.5. The molecular weight excluding hydrogens is 472 g/mol.